The number of hydrogen-bond donors (Lipinski definition) is 2. The van der Waals surface area contributed by atoms with Crippen molar-refractivity contribution in [2.75, 3.05) is 70.2 Å². The van der Waals surface area contributed by atoms with Crippen molar-refractivity contribution in [1.82, 2.24) is 10.2 Å². The fourth-order valence-corrected chi connectivity index (χ4v) is 2.40. The second-order valence-corrected chi connectivity index (χ2v) is 5.55. The predicted octanol–water partition coefficient (Wildman–Crippen LogP) is 0.613. The van der Waals surface area contributed by atoms with Crippen LogP contribution in [0.3, 0.4) is 0 Å². The zero-order valence-corrected chi connectivity index (χ0v) is 13.5. The summed E-state index contributed by atoms with van der Waals surface area (Å²) < 4.78 is 4.92. The predicted molar refractivity (Wildman–Crippen MR) is 89.5 cm³/mol. The van der Waals surface area contributed by atoms with Crippen molar-refractivity contribution < 1.29 is 9.53 Å². The molecule has 6 heteroatoms. The number of hydrogen-bond acceptors (Lipinski definition) is 5. The number of rotatable bonds is 7. The molecule has 6 nitrogen and oxygen atoms in total. The molecule has 0 saturated carbocycles. The smallest absolute Gasteiger partial charge is 0.238 e. The lowest BCUT2D eigenvalue weighted by Crippen LogP contribution is -2.44. The Balaban J connectivity index is 1.78. The number of methoxy groups -OCH3 is 1. The van der Waals surface area contributed by atoms with Gasteiger partial charge in [-0.2, -0.15) is 0 Å². The average molecular weight is 306 g/mol. The Kier molecular flexibility index (Phi) is 6.64. The van der Waals surface area contributed by atoms with Crippen LogP contribution in [0.4, 0.5) is 11.4 Å². The van der Waals surface area contributed by atoms with Crippen LogP contribution in [0.5, 0.6) is 0 Å². The number of nitrogens with zero attached hydrogens (tertiary/aromatic N) is 2. The molecule has 1 aromatic rings. The first-order chi connectivity index (χ1) is 10.7. The molecule has 2 rings (SSSR count). The van der Waals surface area contributed by atoms with E-state index in [2.05, 4.69) is 39.6 Å². The molecule has 0 aromatic heterocycles. The number of likely N-dealkylation sites (N-methyl/N-ethyl adjacent to an activating group) is 1. The number of amides is 1. The lowest BCUT2D eigenvalue weighted by molar-refractivity contribution is -0.115. The molecule has 2 N–H and O–H groups in total. The van der Waals surface area contributed by atoms with Gasteiger partial charge in [0.15, 0.2) is 0 Å². The van der Waals surface area contributed by atoms with E-state index in [0.717, 1.165) is 31.9 Å². The number of benzene rings is 1. The third kappa shape index (κ3) is 5.29. The molecule has 1 aliphatic rings. The Morgan fingerprint density at radius 2 is 1.86 bits per heavy atom. The fraction of sp³-hybridized carbons (Fsp3) is 0.562. The summed E-state index contributed by atoms with van der Waals surface area (Å²) in [6, 6.07) is 8.06. The molecule has 0 bridgehead atoms. The van der Waals surface area contributed by atoms with E-state index in [9.17, 15) is 4.79 Å². The molecule has 0 radical (unpaired) electrons. The van der Waals surface area contributed by atoms with Gasteiger partial charge in [-0.25, -0.2) is 0 Å². The van der Waals surface area contributed by atoms with Gasteiger partial charge >= 0.3 is 0 Å². The van der Waals surface area contributed by atoms with Crippen molar-refractivity contribution in [2.45, 2.75) is 0 Å². The maximum absolute atomic E-state index is 11.8. The highest BCUT2D eigenvalue weighted by molar-refractivity contribution is 5.92. The van der Waals surface area contributed by atoms with E-state index >= 15 is 0 Å². The minimum Gasteiger partial charge on any atom is -0.383 e. The van der Waals surface area contributed by atoms with Gasteiger partial charge in [0.1, 0.15) is 0 Å². The second-order valence-electron chi connectivity index (χ2n) is 5.55. The average Bonchev–Trinajstić information content (AvgIpc) is 2.53. The van der Waals surface area contributed by atoms with Crippen molar-refractivity contribution in [1.29, 1.82) is 0 Å². The van der Waals surface area contributed by atoms with Gasteiger partial charge in [0.25, 0.3) is 0 Å². The summed E-state index contributed by atoms with van der Waals surface area (Å²) in [6.07, 6.45) is 0. The van der Waals surface area contributed by atoms with Crippen LogP contribution in [0.25, 0.3) is 0 Å². The van der Waals surface area contributed by atoms with Gasteiger partial charge in [-0.1, -0.05) is 0 Å². The minimum absolute atomic E-state index is 0.0385. The molecular formula is C16H26N4O2. The number of ether oxygens (including phenoxy) is 1. The summed E-state index contributed by atoms with van der Waals surface area (Å²) in [4.78, 5) is 16.5. The SMILES string of the molecule is COCCNCC(=O)Nc1ccc(N2CCN(C)CC2)cc1. The summed E-state index contributed by atoms with van der Waals surface area (Å²) in [5.74, 6) is -0.0385. The molecular weight excluding hydrogens is 280 g/mol. The quantitative estimate of drug-likeness (QED) is 0.723. The van der Waals surface area contributed by atoms with Crippen LogP contribution < -0.4 is 15.5 Å². The lowest BCUT2D eigenvalue weighted by atomic mass is 10.2. The summed E-state index contributed by atoms with van der Waals surface area (Å²) in [5, 5.41) is 5.91. The molecule has 1 aliphatic heterocycles. The number of piperazine rings is 1. The van der Waals surface area contributed by atoms with Crippen LogP contribution in [0.2, 0.25) is 0 Å². The van der Waals surface area contributed by atoms with Gasteiger partial charge in [-0.15, -0.1) is 0 Å². The summed E-state index contributed by atoms with van der Waals surface area (Å²) in [5.41, 5.74) is 2.04. The van der Waals surface area contributed by atoms with E-state index in [1.54, 1.807) is 7.11 Å². The van der Waals surface area contributed by atoms with Crippen LogP contribution in [0.15, 0.2) is 24.3 Å². The zero-order valence-electron chi connectivity index (χ0n) is 13.5. The Morgan fingerprint density at radius 1 is 1.18 bits per heavy atom. The largest absolute Gasteiger partial charge is 0.383 e. The summed E-state index contributed by atoms with van der Waals surface area (Å²) in [6.45, 7) is 5.84. The molecule has 22 heavy (non-hydrogen) atoms. The van der Waals surface area contributed by atoms with Crippen molar-refractivity contribution in [3.8, 4) is 0 Å². The normalized spacial score (nSPS) is 15.8. The first-order valence-corrected chi connectivity index (χ1v) is 7.72. The highest BCUT2D eigenvalue weighted by Gasteiger charge is 2.14. The third-order valence-electron chi connectivity index (χ3n) is 3.79. The fourth-order valence-electron chi connectivity index (χ4n) is 2.40. The van der Waals surface area contributed by atoms with E-state index < -0.39 is 0 Å². The van der Waals surface area contributed by atoms with Gasteiger partial charge in [0.05, 0.1) is 13.2 Å². The summed E-state index contributed by atoms with van der Waals surface area (Å²) >= 11 is 0. The monoisotopic (exact) mass is 306 g/mol. The first-order valence-electron chi connectivity index (χ1n) is 7.72. The van der Waals surface area contributed by atoms with Crippen LogP contribution >= 0.6 is 0 Å². The summed E-state index contributed by atoms with van der Waals surface area (Å²) in [7, 11) is 3.79. The highest BCUT2D eigenvalue weighted by Crippen LogP contribution is 2.19. The number of carbonyl (C=O) groups excluding carboxylic acids is 1. The minimum atomic E-state index is -0.0385. The number of nitrogens with one attached hydrogen (secondary N) is 2. The third-order valence-corrected chi connectivity index (χ3v) is 3.79. The molecule has 0 spiro atoms. The molecule has 0 atom stereocenters. The molecule has 1 aromatic carbocycles. The van der Waals surface area contributed by atoms with E-state index in [1.807, 2.05) is 12.1 Å². The number of anilines is 2. The van der Waals surface area contributed by atoms with E-state index in [-0.39, 0.29) is 5.91 Å². The lowest BCUT2D eigenvalue weighted by Gasteiger charge is -2.34. The van der Waals surface area contributed by atoms with Crippen LogP contribution in [-0.2, 0) is 9.53 Å². The van der Waals surface area contributed by atoms with Crippen molar-refractivity contribution in [2.24, 2.45) is 0 Å². The molecule has 0 aliphatic carbocycles. The van der Waals surface area contributed by atoms with Gasteiger partial charge in [0.2, 0.25) is 5.91 Å². The highest BCUT2D eigenvalue weighted by atomic mass is 16.5. The van der Waals surface area contributed by atoms with Crippen molar-refractivity contribution in [3.05, 3.63) is 24.3 Å². The Labute approximate surface area is 132 Å². The molecule has 122 valence electrons. The molecule has 1 amide bonds. The molecule has 0 unspecified atom stereocenters. The van der Waals surface area contributed by atoms with E-state index in [1.165, 1.54) is 5.69 Å². The zero-order chi connectivity index (χ0) is 15.8. The van der Waals surface area contributed by atoms with Crippen molar-refractivity contribution in [3.63, 3.8) is 0 Å². The molecule has 1 fully saturated rings. The van der Waals surface area contributed by atoms with Crippen LogP contribution in [0, 0.1) is 0 Å². The topological polar surface area (TPSA) is 56.8 Å². The molecule has 1 heterocycles. The maximum atomic E-state index is 11.8. The maximum Gasteiger partial charge on any atom is 0.238 e. The van der Waals surface area contributed by atoms with Gasteiger partial charge in [-0.3, -0.25) is 4.79 Å². The van der Waals surface area contributed by atoms with Gasteiger partial charge in [0, 0.05) is 51.2 Å². The van der Waals surface area contributed by atoms with Crippen LogP contribution in [0.1, 0.15) is 0 Å². The van der Waals surface area contributed by atoms with Gasteiger partial charge in [-0.05, 0) is 31.3 Å². The van der Waals surface area contributed by atoms with Crippen molar-refractivity contribution >= 4 is 17.3 Å². The first kappa shape index (κ1) is 16.7. The second kappa shape index (κ2) is 8.73. The standard InChI is InChI=1S/C16H26N4O2/c1-19-8-10-20(11-9-19)15-5-3-14(4-6-15)18-16(21)13-17-7-12-22-2/h3-6,17H,7-13H2,1-2H3,(H,18,21). The van der Waals surface area contributed by atoms with Crippen LogP contribution in [-0.4, -0.2) is 70.8 Å². The molecule has 1 saturated heterocycles. The van der Waals surface area contributed by atoms with E-state index in [0.29, 0.717) is 19.7 Å². The van der Waals surface area contributed by atoms with Gasteiger partial charge < -0.3 is 25.2 Å². The Bertz CT molecular complexity index is 456. The Hall–Kier alpha value is -1.63. The Morgan fingerprint density at radius 3 is 2.50 bits per heavy atom. The van der Waals surface area contributed by atoms with E-state index in [4.69, 9.17) is 4.74 Å². The number of carbonyl (C=O) groups is 1.